The number of ketones is 3. The van der Waals surface area contributed by atoms with Crippen LogP contribution in [0.25, 0.3) is 16.9 Å². The molecule has 0 unspecified atom stereocenters. The zero-order valence-corrected chi connectivity index (χ0v) is 19.6. The van der Waals surface area contributed by atoms with E-state index in [9.17, 15) is 14.4 Å². The molecule has 0 aliphatic heterocycles. The minimum Gasteiger partial charge on any atom is -0.305 e. The zero-order valence-electron chi connectivity index (χ0n) is 19.6. The Kier molecular flexibility index (Phi) is 5.08. The second kappa shape index (κ2) is 8.43. The fraction of sp³-hybridized carbons (Fsp3) is 0.0312. The van der Waals surface area contributed by atoms with Crippen molar-refractivity contribution in [3.63, 3.8) is 0 Å². The van der Waals surface area contributed by atoms with E-state index in [0.717, 1.165) is 11.1 Å². The van der Waals surface area contributed by atoms with Crippen LogP contribution in [0.5, 0.6) is 0 Å². The number of hydrogen-bond donors (Lipinski definition) is 0. The first-order valence-electron chi connectivity index (χ1n) is 11.8. The molecule has 1 aromatic heterocycles. The van der Waals surface area contributed by atoms with Crippen LogP contribution in [-0.2, 0) is 0 Å². The van der Waals surface area contributed by atoms with Crippen molar-refractivity contribution in [2.24, 2.45) is 0 Å². The van der Waals surface area contributed by atoms with Gasteiger partial charge in [0.1, 0.15) is 5.69 Å². The van der Waals surface area contributed by atoms with Gasteiger partial charge in [0.25, 0.3) is 0 Å². The molecule has 0 bridgehead atoms. The number of hydrogen-bond acceptors (Lipinski definition) is 3. The average Bonchev–Trinajstić information content (AvgIpc) is 3.29. The van der Waals surface area contributed by atoms with E-state index in [1.807, 2.05) is 67.6 Å². The zero-order chi connectivity index (χ0) is 24.8. The molecule has 1 heterocycles. The Hall–Kier alpha value is -4.83. The molecule has 0 atom stereocenters. The van der Waals surface area contributed by atoms with Gasteiger partial charge in [-0.05, 0) is 24.6 Å². The summed E-state index contributed by atoms with van der Waals surface area (Å²) in [7, 11) is 0. The Morgan fingerprint density at radius 2 is 1.17 bits per heavy atom. The molecule has 4 heteroatoms. The Morgan fingerprint density at radius 1 is 0.611 bits per heavy atom. The van der Waals surface area contributed by atoms with Gasteiger partial charge in [-0.25, -0.2) is 0 Å². The molecule has 172 valence electrons. The lowest BCUT2D eigenvalue weighted by atomic mass is 9.84. The minimum absolute atomic E-state index is 0.159. The van der Waals surface area contributed by atoms with Gasteiger partial charge in [0.05, 0.1) is 16.8 Å². The fourth-order valence-electron chi connectivity index (χ4n) is 4.93. The molecule has 5 aromatic rings. The van der Waals surface area contributed by atoms with Crippen molar-refractivity contribution >= 4 is 17.3 Å². The number of benzene rings is 4. The number of aryl methyl sites for hydroxylation is 1. The predicted octanol–water partition coefficient (Wildman–Crippen LogP) is 6.46. The highest BCUT2D eigenvalue weighted by molar-refractivity contribution is 6.33. The van der Waals surface area contributed by atoms with Crippen molar-refractivity contribution in [2.75, 3.05) is 0 Å². The molecule has 4 nitrogen and oxygen atoms in total. The van der Waals surface area contributed by atoms with Crippen LogP contribution in [0.2, 0.25) is 0 Å². The van der Waals surface area contributed by atoms with Gasteiger partial charge in [-0.2, -0.15) is 0 Å². The van der Waals surface area contributed by atoms with Gasteiger partial charge in [-0.3, -0.25) is 14.4 Å². The number of nitrogens with zero attached hydrogens (tertiary/aromatic N) is 1. The average molecular weight is 468 g/mol. The number of aromatic nitrogens is 1. The Morgan fingerprint density at radius 3 is 1.81 bits per heavy atom. The third-order valence-electron chi connectivity index (χ3n) is 6.63. The van der Waals surface area contributed by atoms with Gasteiger partial charge in [0.15, 0.2) is 11.6 Å². The monoisotopic (exact) mass is 467 g/mol. The van der Waals surface area contributed by atoms with Crippen molar-refractivity contribution in [3.05, 3.63) is 148 Å². The first-order valence-corrected chi connectivity index (χ1v) is 11.8. The summed E-state index contributed by atoms with van der Waals surface area (Å²) < 4.78 is 1.79. The molecule has 0 N–H and O–H groups in total. The third-order valence-corrected chi connectivity index (χ3v) is 6.63. The molecular formula is C32H21NO3. The topological polar surface area (TPSA) is 56.1 Å². The molecule has 1 aliphatic rings. The molecule has 0 fully saturated rings. The molecule has 4 aromatic carbocycles. The van der Waals surface area contributed by atoms with Gasteiger partial charge in [-0.1, -0.05) is 103 Å². The van der Waals surface area contributed by atoms with E-state index in [1.165, 1.54) is 0 Å². The van der Waals surface area contributed by atoms with Crippen molar-refractivity contribution in [1.29, 1.82) is 0 Å². The van der Waals surface area contributed by atoms with Gasteiger partial charge in [0, 0.05) is 22.4 Å². The fourth-order valence-corrected chi connectivity index (χ4v) is 4.93. The predicted molar refractivity (Wildman–Crippen MR) is 139 cm³/mol. The van der Waals surface area contributed by atoms with E-state index in [1.54, 1.807) is 53.1 Å². The van der Waals surface area contributed by atoms with E-state index in [-0.39, 0.29) is 34.2 Å². The van der Waals surface area contributed by atoms with E-state index in [0.29, 0.717) is 28.1 Å². The normalized spacial score (nSPS) is 12.2. The summed E-state index contributed by atoms with van der Waals surface area (Å²) in [6, 6.07) is 32.9. The van der Waals surface area contributed by atoms with Crippen LogP contribution < -0.4 is 0 Å². The van der Waals surface area contributed by atoms with E-state index >= 15 is 0 Å². The van der Waals surface area contributed by atoms with Crippen LogP contribution in [-0.4, -0.2) is 21.9 Å². The summed E-state index contributed by atoms with van der Waals surface area (Å²) in [5.41, 5.74) is 4.81. The van der Waals surface area contributed by atoms with Gasteiger partial charge < -0.3 is 4.57 Å². The first-order chi connectivity index (χ1) is 17.6. The Bertz CT molecular complexity index is 1660. The molecule has 0 amide bonds. The summed E-state index contributed by atoms with van der Waals surface area (Å²) in [6.07, 6.45) is 0. The van der Waals surface area contributed by atoms with Crippen molar-refractivity contribution < 1.29 is 14.4 Å². The maximum Gasteiger partial charge on any atom is 0.211 e. The molecule has 0 radical (unpaired) electrons. The number of carbonyl (C=O) groups is 3. The Labute approximate surface area is 208 Å². The SMILES string of the molecule is Cc1ccc(-n2c3c(c(C(=O)c4ccccc4)c2-c2ccccc2)C(=O)c2ccccc2C3=O)cc1. The highest BCUT2D eigenvalue weighted by atomic mass is 16.1. The number of fused-ring (bicyclic) bond motifs is 2. The van der Waals surface area contributed by atoms with Crippen molar-refractivity contribution in [3.8, 4) is 16.9 Å². The molecule has 6 rings (SSSR count). The maximum atomic E-state index is 14.1. The summed E-state index contributed by atoms with van der Waals surface area (Å²) in [5, 5.41) is 0. The molecular weight excluding hydrogens is 446 g/mol. The molecule has 36 heavy (non-hydrogen) atoms. The molecule has 0 saturated heterocycles. The van der Waals surface area contributed by atoms with Crippen LogP contribution in [0.4, 0.5) is 0 Å². The lowest BCUT2D eigenvalue weighted by molar-refractivity contribution is 0.0970. The smallest absolute Gasteiger partial charge is 0.211 e. The quantitative estimate of drug-likeness (QED) is 0.280. The van der Waals surface area contributed by atoms with E-state index in [4.69, 9.17) is 0 Å². The van der Waals surface area contributed by atoms with Crippen LogP contribution >= 0.6 is 0 Å². The maximum absolute atomic E-state index is 14.1. The number of carbonyl (C=O) groups excluding carboxylic acids is 3. The first kappa shape index (κ1) is 21.7. The van der Waals surface area contributed by atoms with Crippen LogP contribution in [0.3, 0.4) is 0 Å². The van der Waals surface area contributed by atoms with E-state index < -0.39 is 0 Å². The van der Waals surface area contributed by atoms with Crippen molar-refractivity contribution in [1.82, 2.24) is 4.57 Å². The van der Waals surface area contributed by atoms with Gasteiger partial charge in [0.2, 0.25) is 5.78 Å². The summed E-state index contributed by atoms with van der Waals surface area (Å²) in [6.45, 7) is 1.99. The molecule has 1 aliphatic carbocycles. The summed E-state index contributed by atoms with van der Waals surface area (Å²) in [4.78, 5) is 42.1. The lowest BCUT2D eigenvalue weighted by Gasteiger charge is -2.18. The van der Waals surface area contributed by atoms with Crippen LogP contribution in [0.15, 0.2) is 109 Å². The van der Waals surface area contributed by atoms with Crippen LogP contribution in [0.1, 0.15) is 53.5 Å². The molecule has 0 spiro atoms. The number of rotatable bonds is 4. The standard InChI is InChI=1S/C32H21NO3/c1-20-16-18-23(19-17-20)33-28(21-10-4-2-5-11-21)26(30(34)22-12-6-3-7-13-22)27-29(33)32(36)25-15-9-8-14-24(25)31(27)35/h2-19H,1H3. The van der Waals surface area contributed by atoms with Gasteiger partial charge in [-0.15, -0.1) is 0 Å². The van der Waals surface area contributed by atoms with E-state index in [2.05, 4.69) is 0 Å². The van der Waals surface area contributed by atoms with Crippen LogP contribution in [0, 0.1) is 6.92 Å². The second-order valence-corrected chi connectivity index (χ2v) is 8.88. The summed E-state index contributed by atoms with van der Waals surface area (Å²) in [5.74, 6) is -0.885. The third kappa shape index (κ3) is 3.27. The molecule has 0 saturated carbocycles. The Balaban J connectivity index is 1.78. The largest absolute Gasteiger partial charge is 0.305 e. The highest BCUT2D eigenvalue weighted by Gasteiger charge is 2.40. The highest BCUT2D eigenvalue weighted by Crippen LogP contribution is 2.41. The second-order valence-electron chi connectivity index (χ2n) is 8.88. The lowest BCUT2D eigenvalue weighted by Crippen LogP contribution is -2.23. The minimum atomic E-state index is -0.317. The van der Waals surface area contributed by atoms with Crippen molar-refractivity contribution in [2.45, 2.75) is 6.92 Å². The van der Waals surface area contributed by atoms with Gasteiger partial charge >= 0.3 is 0 Å². The summed E-state index contributed by atoms with van der Waals surface area (Å²) >= 11 is 0.